The minimum atomic E-state index is -0.544. The summed E-state index contributed by atoms with van der Waals surface area (Å²) in [5.74, 6) is 0.183. The first-order valence-electron chi connectivity index (χ1n) is 6.71. The van der Waals surface area contributed by atoms with Crippen molar-refractivity contribution in [3.63, 3.8) is 0 Å². The number of aryl methyl sites for hydroxylation is 1. The summed E-state index contributed by atoms with van der Waals surface area (Å²) in [4.78, 5) is 11.8. The number of rotatable bonds is 5. The first-order valence-corrected chi connectivity index (χ1v) is 6.71. The van der Waals surface area contributed by atoms with E-state index in [0.29, 0.717) is 11.4 Å². The average Bonchev–Trinajstić information content (AvgIpc) is 2.89. The lowest BCUT2D eigenvalue weighted by Gasteiger charge is -2.16. The van der Waals surface area contributed by atoms with Gasteiger partial charge in [-0.05, 0) is 17.5 Å². The molecule has 1 aromatic heterocycles. The van der Waals surface area contributed by atoms with Crippen LogP contribution < -0.4 is 10.2 Å². The van der Waals surface area contributed by atoms with Gasteiger partial charge < -0.3 is 4.74 Å². The number of benzene rings is 1. The number of ether oxygens (including phenoxy) is 1. The van der Waals surface area contributed by atoms with Crippen LogP contribution >= 0.6 is 0 Å². The second-order valence-corrected chi connectivity index (χ2v) is 5.09. The molecule has 2 rings (SSSR count). The molecule has 0 radical (unpaired) electrons. The van der Waals surface area contributed by atoms with E-state index in [0.717, 1.165) is 11.1 Å². The van der Waals surface area contributed by atoms with Crippen LogP contribution in [0.25, 0.3) is 0 Å². The van der Waals surface area contributed by atoms with Gasteiger partial charge >= 0.3 is 0 Å². The molecule has 112 valence electrons. The van der Waals surface area contributed by atoms with Crippen molar-refractivity contribution in [2.75, 3.05) is 0 Å². The predicted molar refractivity (Wildman–Crippen MR) is 77.3 cm³/mol. The molecule has 1 heterocycles. The summed E-state index contributed by atoms with van der Waals surface area (Å²) in [5, 5.41) is 13.0. The molecule has 0 fully saturated rings. The highest BCUT2D eigenvalue weighted by molar-refractivity contribution is 5.95. The highest BCUT2D eigenvalue weighted by Crippen LogP contribution is 2.24. The average molecular weight is 289 g/mol. The molecule has 2 aromatic rings. The molecule has 0 aliphatic carbocycles. The van der Waals surface area contributed by atoms with Crippen molar-refractivity contribution in [2.45, 2.75) is 26.4 Å². The Hall–Kier alpha value is -2.34. The number of carbonyl (C=O) groups is 1. The van der Waals surface area contributed by atoms with E-state index in [1.807, 2.05) is 19.9 Å². The molecule has 1 aromatic carbocycles. The predicted octanol–water partition coefficient (Wildman–Crippen LogP) is 2.24. The smallest absolute Gasteiger partial charge is 0.275 e. The Morgan fingerprint density at radius 2 is 2.19 bits per heavy atom. The van der Waals surface area contributed by atoms with Crippen molar-refractivity contribution in [1.82, 2.24) is 15.3 Å². The van der Waals surface area contributed by atoms with E-state index >= 15 is 0 Å². The maximum atomic E-state index is 11.8. The van der Waals surface area contributed by atoms with Crippen molar-refractivity contribution in [3.8, 4) is 5.88 Å². The zero-order chi connectivity index (χ0) is 15.4. The number of hydroxylamine groups is 1. The number of nitrogens with one attached hydrogen (secondary N) is 1. The molecular formula is C15H19N3O3. The summed E-state index contributed by atoms with van der Waals surface area (Å²) in [7, 11) is 1.81. The van der Waals surface area contributed by atoms with Crippen molar-refractivity contribution in [1.29, 1.82) is 0 Å². The number of aromatic nitrogens is 2. The van der Waals surface area contributed by atoms with Crippen LogP contribution in [-0.4, -0.2) is 20.9 Å². The third-order valence-electron chi connectivity index (χ3n) is 3.23. The molecule has 0 bridgehead atoms. The van der Waals surface area contributed by atoms with Crippen molar-refractivity contribution in [2.24, 2.45) is 7.05 Å². The number of hydrogen-bond acceptors (Lipinski definition) is 4. The Bertz CT molecular complexity index is 635. The molecule has 0 spiro atoms. The molecular weight excluding hydrogens is 270 g/mol. The summed E-state index contributed by atoms with van der Waals surface area (Å²) in [5.41, 5.74) is 3.84. The van der Waals surface area contributed by atoms with Gasteiger partial charge in [-0.3, -0.25) is 14.7 Å². The summed E-state index contributed by atoms with van der Waals surface area (Å²) in [6.45, 7) is 4.30. The van der Waals surface area contributed by atoms with E-state index in [2.05, 4.69) is 5.10 Å². The van der Waals surface area contributed by atoms with Gasteiger partial charge in [0.05, 0.1) is 0 Å². The summed E-state index contributed by atoms with van der Waals surface area (Å²) in [6, 6.07) is 7.17. The Morgan fingerprint density at radius 1 is 1.43 bits per heavy atom. The summed E-state index contributed by atoms with van der Waals surface area (Å²) < 4.78 is 7.29. The monoisotopic (exact) mass is 289 g/mol. The van der Waals surface area contributed by atoms with E-state index < -0.39 is 5.91 Å². The maximum Gasteiger partial charge on any atom is 0.275 e. The standard InChI is InChI=1S/C15H19N3O3/c1-10(2)11-5-4-6-12(15(19)17-20)13(11)9-21-14-7-8-18(3)16-14/h4-8,10,20H,9H2,1-3H3,(H,17,19). The van der Waals surface area contributed by atoms with E-state index in [1.165, 1.54) is 0 Å². The second kappa shape index (κ2) is 6.41. The third-order valence-corrected chi connectivity index (χ3v) is 3.23. The molecule has 1 amide bonds. The maximum absolute atomic E-state index is 11.8. The highest BCUT2D eigenvalue weighted by atomic mass is 16.5. The third kappa shape index (κ3) is 3.41. The first-order chi connectivity index (χ1) is 10.0. The quantitative estimate of drug-likeness (QED) is 0.654. The Morgan fingerprint density at radius 3 is 2.76 bits per heavy atom. The minimum absolute atomic E-state index is 0.216. The fourth-order valence-electron chi connectivity index (χ4n) is 2.20. The number of hydrogen-bond donors (Lipinski definition) is 2. The molecule has 2 N–H and O–H groups in total. The SMILES string of the molecule is CC(C)c1cccc(C(=O)NO)c1COc1ccn(C)n1. The van der Waals surface area contributed by atoms with Crippen LogP contribution in [0.1, 0.15) is 41.3 Å². The van der Waals surface area contributed by atoms with Gasteiger partial charge in [0.25, 0.3) is 5.91 Å². The lowest BCUT2D eigenvalue weighted by atomic mass is 9.93. The Balaban J connectivity index is 2.32. The van der Waals surface area contributed by atoms with Gasteiger partial charge in [0.1, 0.15) is 6.61 Å². The van der Waals surface area contributed by atoms with Gasteiger partial charge in [0.15, 0.2) is 0 Å². The van der Waals surface area contributed by atoms with E-state index in [-0.39, 0.29) is 12.5 Å². The van der Waals surface area contributed by atoms with Crippen LogP contribution in [0.5, 0.6) is 5.88 Å². The Labute approximate surface area is 123 Å². The minimum Gasteiger partial charge on any atom is -0.472 e. The molecule has 0 unspecified atom stereocenters. The molecule has 0 saturated carbocycles. The van der Waals surface area contributed by atoms with Gasteiger partial charge in [0, 0.05) is 30.4 Å². The molecule has 6 heteroatoms. The van der Waals surface area contributed by atoms with Gasteiger partial charge in [-0.15, -0.1) is 5.10 Å². The van der Waals surface area contributed by atoms with Crippen LogP contribution in [0, 0.1) is 0 Å². The molecule has 6 nitrogen and oxygen atoms in total. The van der Waals surface area contributed by atoms with E-state index in [9.17, 15) is 4.79 Å². The Kier molecular flexibility index (Phi) is 4.59. The topological polar surface area (TPSA) is 76.4 Å². The van der Waals surface area contributed by atoms with Gasteiger partial charge in [-0.1, -0.05) is 26.0 Å². The lowest BCUT2D eigenvalue weighted by molar-refractivity contribution is 0.0703. The summed E-state index contributed by atoms with van der Waals surface area (Å²) >= 11 is 0. The number of carbonyl (C=O) groups excluding carboxylic acids is 1. The van der Waals surface area contributed by atoms with Crippen LogP contribution in [0.4, 0.5) is 0 Å². The molecule has 0 aliphatic rings. The van der Waals surface area contributed by atoms with Crippen LogP contribution in [0.15, 0.2) is 30.5 Å². The first kappa shape index (κ1) is 15.1. The van der Waals surface area contributed by atoms with Crippen molar-refractivity contribution >= 4 is 5.91 Å². The lowest BCUT2D eigenvalue weighted by Crippen LogP contribution is -2.22. The largest absolute Gasteiger partial charge is 0.472 e. The number of nitrogens with zero attached hydrogens (tertiary/aromatic N) is 2. The normalized spacial score (nSPS) is 10.7. The van der Waals surface area contributed by atoms with Gasteiger partial charge in [-0.25, -0.2) is 5.48 Å². The fraction of sp³-hybridized carbons (Fsp3) is 0.333. The zero-order valence-electron chi connectivity index (χ0n) is 12.3. The molecule has 0 aliphatic heterocycles. The second-order valence-electron chi connectivity index (χ2n) is 5.09. The highest BCUT2D eigenvalue weighted by Gasteiger charge is 2.17. The van der Waals surface area contributed by atoms with E-state index in [4.69, 9.17) is 9.94 Å². The van der Waals surface area contributed by atoms with E-state index in [1.54, 1.807) is 41.6 Å². The molecule has 21 heavy (non-hydrogen) atoms. The zero-order valence-corrected chi connectivity index (χ0v) is 12.3. The molecule has 0 saturated heterocycles. The number of amides is 1. The van der Waals surface area contributed by atoms with Crippen LogP contribution in [0.3, 0.4) is 0 Å². The van der Waals surface area contributed by atoms with Gasteiger partial charge in [-0.2, -0.15) is 0 Å². The van der Waals surface area contributed by atoms with Crippen LogP contribution in [0.2, 0.25) is 0 Å². The molecule has 0 atom stereocenters. The fourth-order valence-corrected chi connectivity index (χ4v) is 2.20. The summed E-state index contributed by atoms with van der Waals surface area (Å²) in [6.07, 6.45) is 1.78. The van der Waals surface area contributed by atoms with Crippen molar-refractivity contribution in [3.05, 3.63) is 47.2 Å². The van der Waals surface area contributed by atoms with Crippen molar-refractivity contribution < 1.29 is 14.7 Å². The van der Waals surface area contributed by atoms with Crippen LogP contribution in [-0.2, 0) is 13.7 Å². The van der Waals surface area contributed by atoms with Gasteiger partial charge in [0.2, 0.25) is 5.88 Å².